The molecule has 1 amide bonds. The van der Waals surface area contributed by atoms with E-state index in [1.165, 1.54) is 11.8 Å². The fourth-order valence-electron chi connectivity index (χ4n) is 4.26. The van der Waals surface area contributed by atoms with Gasteiger partial charge in [0.25, 0.3) is 5.91 Å². The Kier molecular flexibility index (Phi) is 7.59. The zero-order chi connectivity index (χ0) is 26.6. The predicted octanol–water partition coefficient (Wildman–Crippen LogP) is 6.99. The van der Waals surface area contributed by atoms with Gasteiger partial charge >= 0.3 is 0 Å². The van der Waals surface area contributed by atoms with Gasteiger partial charge < -0.3 is 10.2 Å². The molecule has 6 nitrogen and oxygen atoms in total. The first-order valence-electron chi connectivity index (χ1n) is 12.3. The molecule has 1 saturated heterocycles. The Morgan fingerprint density at radius 3 is 2.37 bits per heavy atom. The van der Waals surface area contributed by atoms with Gasteiger partial charge in [-0.1, -0.05) is 72.4 Å². The topological polar surface area (TPSA) is 71.7 Å². The zero-order valence-electron chi connectivity index (χ0n) is 21.4. The average Bonchev–Trinajstić information content (AvgIpc) is 3.41. The molecule has 8 heteroatoms. The minimum atomic E-state index is -0.0736. The third-order valence-electron chi connectivity index (χ3n) is 6.32. The van der Waals surface area contributed by atoms with E-state index < -0.39 is 0 Å². The lowest BCUT2D eigenvalue weighted by Crippen LogP contribution is -2.29. The Balaban J connectivity index is 1.58. The number of nitriles is 1. The van der Waals surface area contributed by atoms with E-state index in [1.54, 1.807) is 28.8 Å². The number of hydrogen-bond donors (Lipinski definition) is 1. The van der Waals surface area contributed by atoms with Crippen LogP contribution >= 0.6 is 23.5 Å². The van der Waals surface area contributed by atoms with Crippen LogP contribution < -0.4 is 5.32 Å². The molecule has 5 rings (SSSR count). The summed E-state index contributed by atoms with van der Waals surface area (Å²) in [6.07, 6.45) is 0. The molecule has 2 aliphatic rings. The fourth-order valence-corrected chi connectivity index (χ4v) is 6.70. The van der Waals surface area contributed by atoms with E-state index in [0.29, 0.717) is 34.4 Å². The Labute approximate surface area is 231 Å². The number of benzene rings is 3. The number of carbonyl (C=O) groups excluding carboxylic acids is 1. The summed E-state index contributed by atoms with van der Waals surface area (Å²) in [6.45, 7) is 5.22. The van der Waals surface area contributed by atoms with Crippen LogP contribution in [0.1, 0.15) is 30.5 Å². The van der Waals surface area contributed by atoms with Crippen molar-refractivity contribution < 1.29 is 4.79 Å². The summed E-state index contributed by atoms with van der Waals surface area (Å²) in [7, 11) is 2.00. The van der Waals surface area contributed by atoms with Crippen molar-refractivity contribution in [3.8, 4) is 6.07 Å². The van der Waals surface area contributed by atoms with Gasteiger partial charge in [-0.2, -0.15) is 5.26 Å². The molecule has 1 fully saturated rings. The molecule has 0 unspecified atom stereocenters. The maximum absolute atomic E-state index is 14.0. The Hall–Kier alpha value is -3.93. The Bertz CT molecular complexity index is 1510. The van der Waals surface area contributed by atoms with Crippen LogP contribution in [-0.4, -0.2) is 34.5 Å². The number of amides is 1. The molecule has 2 heterocycles. The van der Waals surface area contributed by atoms with Crippen LogP contribution in [-0.2, 0) is 11.3 Å². The van der Waals surface area contributed by atoms with E-state index in [0.717, 1.165) is 32.4 Å². The van der Waals surface area contributed by atoms with Gasteiger partial charge in [0.2, 0.25) is 0 Å². The van der Waals surface area contributed by atoms with E-state index in [4.69, 9.17) is 4.99 Å². The molecular formula is C30H27N5OS2. The first-order valence-corrected chi connectivity index (χ1v) is 14.0. The summed E-state index contributed by atoms with van der Waals surface area (Å²) in [4.78, 5) is 24.5. The number of aliphatic imine (C=N–C) groups is 1. The number of hydrogen-bond acceptors (Lipinski definition) is 7. The molecule has 3 aromatic rings. The van der Waals surface area contributed by atoms with E-state index in [1.807, 2.05) is 68.6 Å². The number of carbonyl (C=O) groups is 1. The van der Waals surface area contributed by atoms with Crippen LogP contribution in [0.4, 0.5) is 11.4 Å². The molecular weight excluding hydrogens is 510 g/mol. The van der Waals surface area contributed by atoms with E-state index in [-0.39, 0.29) is 5.91 Å². The van der Waals surface area contributed by atoms with Crippen molar-refractivity contribution in [2.45, 2.75) is 20.4 Å². The highest BCUT2D eigenvalue weighted by Gasteiger charge is 2.39. The van der Waals surface area contributed by atoms with Gasteiger partial charge in [0.1, 0.15) is 4.91 Å². The number of rotatable bonds is 6. The average molecular weight is 538 g/mol. The number of amidine groups is 1. The van der Waals surface area contributed by atoms with Crippen LogP contribution in [0.15, 0.2) is 99.5 Å². The van der Waals surface area contributed by atoms with Crippen LogP contribution in [0.25, 0.3) is 4.91 Å². The number of nitrogens with zero attached hydrogens (tertiary/aromatic N) is 4. The standard InChI is InChI=1S/C30H27N5OS2/c1-4-32-24-16-15-22(18-31)17-25(24)33-30-35(19-21-11-7-5-8-12-21)28(36)27(38-30)29-34(3)20(2)26(37-29)23-13-9-6-10-14-23/h5-17,32H,4,19H2,1-3H3/b29-27-,33-30?. The van der Waals surface area contributed by atoms with E-state index in [9.17, 15) is 10.1 Å². The molecule has 0 radical (unpaired) electrons. The van der Waals surface area contributed by atoms with Crippen molar-refractivity contribution >= 4 is 50.9 Å². The maximum atomic E-state index is 14.0. The molecule has 0 aromatic heterocycles. The minimum absolute atomic E-state index is 0.0736. The van der Waals surface area contributed by atoms with Gasteiger partial charge in [-0.15, -0.1) is 0 Å². The van der Waals surface area contributed by atoms with Crippen LogP contribution in [0.3, 0.4) is 0 Å². The summed E-state index contributed by atoms with van der Waals surface area (Å²) in [5.41, 5.74) is 5.23. The quantitative estimate of drug-likeness (QED) is 0.342. The van der Waals surface area contributed by atoms with Gasteiger partial charge in [-0.25, -0.2) is 4.99 Å². The number of allylic oxidation sites excluding steroid dienone is 1. The number of anilines is 1. The highest BCUT2D eigenvalue weighted by atomic mass is 32.2. The monoisotopic (exact) mass is 537 g/mol. The lowest BCUT2D eigenvalue weighted by Gasteiger charge is -2.17. The zero-order valence-corrected chi connectivity index (χ0v) is 23.1. The Morgan fingerprint density at radius 1 is 0.974 bits per heavy atom. The van der Waals surface area contributed by atoms with Crippen molar-refractivity contribution in [3.05, 3.63) is 111 Å². The molecule has 0 spiro atoms. The maximum Gasteiger partial charge on any atom is 0.269 e. The van der Waals surface area contributed by atoms with Crippen molar-refractivity contribution in [2.24, 2.45) is 4.99 Å². The molecule has 0 atom stereocenters. The second-order valence-corrected chi connectivity index (χ2v) is 10.8. The van der Waals surface area contributed by atoms with Gasteiger partial charge in [-0.05, 0) is 54.9 Å². The second kappa shape index (κ2) is 11.2. The second-order valence-electron chi connectivity index (χ2n) is 8.82. The van der Waals surface area contributed by atoms with E-state index in [2.05, 4.69) is 35.3 Å². The summed E-state index contributed by atoms with van der Waals surface area (Å²) < 4.78 is 0. The number of thioether (sulfide) groups is 2. The summed E-state index contributed by atoms with van der Waals surface area (Å²) in [5, 5.41) is 14.3. The largest absolute Gasteiger partial charge is 0.384 e. The van der Waals surface area contributed by atoms with Gasteiger partial charge in [0, 0.05) is 24.2 Å². The number of nitrogens with one attached hydrogen (secondary N) is 1. The summed E-state index contributed by atoms with van der Waals surface area (Å²) in [5.74, 6) is -0.0736. The van der Waals surface area contributed by atoms with Crippen molar-refractivity contribution in [1.82, 2.24) is 9.80 Å². The third kappa shape index (κ3) is 5.08. The molecule has 0 bridgehead atoms. The third-order valence-corrected chi connectivity index (χ3v) is 8.92. The van der Waals surface area contributed by atoms with Crippen molar-refractivity contribution in [2.75, 3.05) is 18.9 Å². The Morgan fingerprint density at radius 2 is 1.68 bits per heavy atom. The smallest absolute Gasteiger partial charge is 0.269 e. The first kappa shape index (κ1) is 25.7. The molecule has 2 aliphatic heterocycles. The lowest BCUT2D eigenvalue weighted by molar-refractivity contribution is -0.122. The summed E-state index contributed by atoms with van der Waals surface area (Å²) in [6, 6.07) is 27.8. The van der Waals surface area contributed by atoms with Gasteiger partial charge in [0.15, 0.2) is 5.17 Å². The predicted molar refractivity (Wildman–Crippen MR) is 158 cm³/mol. The van der Waals surface area contributed by atoms with Crippen LogP contribution in [0.5, 0.6) is 0 Å². The van der Waals surface area contributed by atoms with Crippen LogP contribution in [0, 0.1) is 11.3 Å². The molecule has 38 heavy (non-hydrogen) atoms. The highest BCUT2D eigenvalue weighted by molar-refractivity contribution is 8.20. The minimum Gasteiger partial charge on any atom is -0.384 e. The molecule has 0 saturated carbocycles. The van der Waals surface area contributed by atoms with Crippen molar-refractivity contribution in [1.29, 1.82) is 5.26 Å². The van der Waals surface area contributed by atoms with Crippen LogP contribution in [0.2, 0.25) is 0 Å². The molecule has 1 N–H and O–H groups in total. The van der Waals surface area contributed by atoms with E-state index >= 15 is 0 Å². The van der Waals surface area contributed by atoms with Gasteiger partial charge in [-0.3, -0.25) is 9.69 Å². The molecule has 190 valence electrons. The fraction of sp³-hybridized carbons (Fsp3) is 0.167. The first-order chi connectivity index (χ1) is 18.5. The van der Waals surface area contributed by atoms with Gasteiger partial charge in [0.05, 0.1) is 34.6 Å². The highest BCUT2D eigenvalue weighted by Crippen LogP contribution is 2.50. The SMILES string of the molecule is CCNc1ccc(C#N)cc1N=C1S/C(=C2\SC(c3ccccc3)=C(C)N2C)C(=O)N1Cc1ccccc1. The molecule has 3 aromatic carbocycles. The summed E-state index contributed by atoms with van der Waals surface area (Å²) >= 11 is 3.01. The normalized spacial score (nSPS) is 18.5. The lowest BCUT2D eigenvalue weighted by atomic mass is 10.2. The molecule has 0 aliphatic carbocycles. The van der Waals surface area contributed by atoms with Crippen molar-refractivity contribution in [3.63, 3.8) is 0 Å².